The van der Waals surface area contributed by atoms with E-state index >= 15 is 0 Å². The van der Waals surface area contributed by atoms with Crippen LogP contribution < -0.4 is 5.32 Å². The van der Waals surface area contributed by atoms with E-state index in [1.54, 1.807) is 38.6 Å². The third-order valence-electron chi connectivity index (χ3n) is 6.00. The lowest BCUT2D eigenvalue weighted by molar-refractivity contribution is -0.144. The van der Waals surface area contributed by atoms with Crippen LogP contribution in [0, 0.1) is 0 Å². The molecule has 3 aromatic heterocycles. The first-order chi connectivity index (χ1) is 16.0. The standard InChI is InChI=1S/C22H24N6O5/c1-28-9-7-22(30,20(28)29)19-10-16(27-33-19)14-5-3-4-13(24-14)15-6-8-23-21(25-15)26-17-11-32-12-18(17)31-2/h3-6,8,10,17-18,30H,7,9,11-12H2,1-2H3,(H,23,25,26)/t17?,18-,22-/m1/s1. The van der Waals surface area contributed by atoms with Crippen molar-refractivity contribution in [3.05, 3.63) is 42.3 Å². The van der Waals surface area contributed by atoms with Gasteiger partial charge in [0.1, 0.15) is 11.8 Å². The molecule has 2 N–H and O–H groups in total. The zero-order valence-electron chi connectivity index (χ0n) is 18.3. The molecular weight excluding hydrogens is 428 g/mol. The number of amides is 1. The van der Waals surface area contributed by atoms with Gasteiger partial charge in [0.25, 0.3) is 5.91 Å². The van der Waals surface area contributed by atoms with Crippen LogP contribution in [0.25, 0.3) is 22.8 Å². The minimum absolute atomic E-state index is 0.0405. The molecule has 2 aliphatic rings. The maximum Gasteiger partial charge on any atom is 0.262 e. The van der Waals surface area contributed by atoms with Gasteiger partial charge in [-0.3, -0.25) is 4.79 Å². The Morgan fingerprint density at radius 3 is 2.73 bits per heavy atom. The molecule has 2 fully saturated rings. The molecule has 11 nitrogen and oxygen atoms in total. The summed E-state index contributed by atoms with van der Waals surface area (Å²) < 4.78 is 16.2. The number of carbonyl (C=O) groups is 1. The van der Waals surface area contributed by atoms with Gasteiger partial charge < -0.3 is 29.3 Å². The molecule has 0 saturated carbocycles. The van der Waals surface area contributed by atoms with E-state index < -0.39 is 11.5 Å². The molecule has 0 bridgehead atoms. The number of likely N-dealkylation sites (N-methyl/N-ethyl adjacent to an activating group) is 1. The number of nitrogens with one attached hydrogen (secondary N) is 1. The van der Waals surface area contributed by atoms with Crippen LogP contribution in [-0.4, -0.2) is 82.1 Å². The van der Waals surface area contributed by atoms with Crippen molar-refractivity contribution >= 4 is 11.9 Å². The summed E-state index contributed by atoms with van der Waals surface area (Å²) in [6, 6.07) is 8.71. The van der Waals surface area contributed by atoms with Gasteiger partial charge in [0.2, 0.25) is 11.5 Å². The zero-order chi connectivity index (χ0) is 23.0. The molecule has 0 radical (unpaired) electrons. The number of pyridine rings is 1. The number of nitrogens with zero attached hydrogens (tertiary/aromatic N) is 5. The van der Waals surface area contributed by atoms with Crippen molar-refractivity contribution in [3.8, 4) is 22.8 Å². The van der Waals surface area contributed by atoms with Crippen molar-refractivity contribution in [3.63, 3.8) is 0 Å². The third kappa shape index (κ3) is 3.94. The number of aliphatic hydroxyl groups is 1. The van der Waals surface area contributed by atoms with Gasteiger partial charge in [-0.1, -0.05) is 11.2 Å². The fraction of sp³-hybridized carbons (Fsp3) is 0.409. The maximum atomic E-state index is 12.3. The lowest BCUT2D eigenvalue weighted by Gasteiger charge is -2.17. The monoisotopic (exact) mass is 452 g/mol. The van der Waals surface area contributed by atoms with Gasteiger partial charge in [0.15, 0.2) is 5.76 Å². The average Bonchev–Trinajstić information content (AvgIpc) is 3.57. The molecule has 3 atom stereocenters. The Labute approximate surface area is 189 Å². The SMILES string of the molecule is CO[C@@H]1COCC1Nc1nccc(-c2cccc(-c3cc([C@]4(O)CCN(C)C4=O)on3)n2)n1. The highest BCUT2D eigenvalue weighted by Gasteiger charge is 2.48. The number of methoxy groups -OCH3 is 1. The maximum absolute atomic E-state index is 12.3. The lowest BCUT2D eigenvalue weighted by Crippen LogP contribution is -2.35. The van der Waals surface area contributed by atoms with E-state index in [9.17, 15) is 9.90 Å². The number of rotatable bonds is 6. The second kappa shape index (κ2) is 8.50. The van der Waals surface area contributed by atoms with E-state index in [-0.39, 0.29) is 24.3 Å². The molecule has 0 aliphatic carbocycles. The van der Waals surface area contributed by atoms with Crippen LogP contribution in [0.5, 0.6) is 0 Å². The minimum Gasteiger partial charge on any atom is -0.377 e. The van der Waals surface area contributed by atoms with Crippen molar-refractivity contribution in [1.29, 1.82) is 0 Å². The topological polar surface area (TPSA) is 136 Å². The Bertz CT molecular complexity index is 1170. The van der Waals surface area contributed by atoms with E-state index in [4.69, 9.17) is 14.0 Å². The van der Waals surface area contributed by atoms with Crippen LogP contribution in [0.1, 0.15) is 12.2 Å². The number of ether oxygens (including phenoxy) is 2. The van der Waals surface area contributed by atoms with Gasteiger partial charge >= 0.3 is 0 Å². The summed E-state index contributed by atoms with van der Waals surface area (Å²) in [7, 11) is 3.29. The van der Waals surface area contributed by atoms with Crippen LogP contribution >= 0.6 is 0 Å². The first-order valence-electron chi connectivity index (χ1n) is 10.6. The molecule has 2 aliphatic heterocycles. The van der Waals surface area contributed by atoms with Crippen LogP contribution in [0.4, 0.5) is 5.95 Å². The molecule has 3 aromatic rings. The van der Waals surface area contributed by atoms with E-state index in [1.807, 2.05) is 12.1 Å². The molecule has 11 heteroatoms. The highest BCUT2D eigenvalue weighted by molar-refractivity contribution is 5.87. The first kappa shape index (κ1) is 21.4. The van der Waals surface area contributed by atoms with Gasteiger partial charge in [0, 0.05) is 39.4 Å². The number of carbonyl (C=O) groups excluding carboxylic acids is 1. The van der Waals surface area contributed by atoms with Gasteiger partial charge in [-0.2, -0.15) is 0 Å². The number of hydrogen-bond donors (Lipinski definition) is 2. The van der Waals surface area contributed by atoms with Crippen molar-refractivity contribution in [2.75, 3.05) is 39.2 Å². The van der Waals surface area contributed by atoms with Gasteiger partial charge in [0.05, 0.1) is 36.3 Å². The van der Waals surface area contributed by atoms with Crippen molar-refractivity contribution in [1.82, 2.24) is 25.0 Å². The average molecular weight is 452 g/mol. The fourth-order valence-electron chi connectivity index (χ4n) is 4.03. The van der Waals surface area contributed by atoms with Gasteiger partial charge in [-0.25, -0.2) is 15.0 Å². The lowest BCUT2D eigenvalue weighted by atomic mass is 9.98. The summed E-state index contributed by atoms with van der Waals surface area (Å²) in [5.41, 5.74) is 0.484. The van der Waals surface area contributed by atoms with Crippen LogP contribution in [0.3, 0.4) is 0 Å². The summed E-state index contributed by atoms with van der Waals surface area (Å²) >= 11 is 0. The molecular formula is C22H24N6O5. The second-order valence-electron chi connectivity index (χ2n) is 8.15. The summed E-state index contributed by atoms with van der Waals surface area (Å²) in [4.78, 5) is 27.3. The van der Waals surface area contributed by atoms with E-state index in [1.165, 1.54) is 4.90 Å². The smallest absolute Gasteiger partial charge is 0.262 e. The fourth-order valence-corrected chi connectivity index (χ4v) is 4.03. The summed E-state index contributed by atoms with van der Waals surface area (Å²) in [6.07, 6.45) is 1.83. The predicted molar refractivity (Wildman–Crippen MR) is 116 cm³/mol. The summed E-state index contributed by atoms with van der Waals surface area (Å²) in [5.74, 6) is 0.155. The zero-order valence-corrected chi connectivity index (χ0v) is 18.3. The van der Waals surface area contributed by atoms with Crippen LogP contribution in [-0.2, 0) is 19.9 Å². The molecule has 2 saturated heterocycles. The molecule has 172 valence electrons. The highest BCUT2D eigenvalue weighted by Crippen LogP contribution is 2.34. The van der Waals surface area contributed by atoms with Crippen molar-refractivity contribution < 1.29 is 23.9 Å². The Morgan fingerprint density at radius 1 is 1.18 bits per heavy atom. The largest absolute Gasteiger partial charge is 0.377 e. The molecule has 5 heterocycles. The Hall–Kier alpha value is -3.41. The number of anilines is 1. The molecule has 0 spiro atoms. The molecule has 0 aromatic carbocycles. The van der Waals surface area contributed by atoms with Gasteiger partial charge in [-0.15, -0.1) is 0 Å². The Morgan fingerprint density at radius 2 is 1.97 bits per heavy atom. The molecule has 33 heavy (non-hydrogen) atoms. The normalized spacial score (nSPS) is 25.1. The van der Waals surface area contributed by atoms with E-state index in [0.717, 1.165) is 0 Å². The number of aromatic nitrogens is 4. The van der Waals surface area contributed by atoms with Crippen LogP contribution in [0.15, 0.2) is 41.1 Å². The molecule has 1 amide bonds. The summed E-state index contributed by atoms with van der Waals surface area (Å²) in [6.45, 7) is 1.48. The van der Waals surface area contributed by atoms with Crippen molar-refractivity contribution in [2.24, 2.45) is 0 Å². The quantitative estimate of drug-likeness (QED) is 0.559. The number of hydrogen-bond acceptors (Lipinski definition) is 10. The van der Waals surface area contributed by atoms with E-state index in [0.29, 0.717) is 48.5 Å². The Balaban J connectivity index is 1.38. The highest BCUT2D eigenvalue weighted by atomic mass is 16.5. The van der Waals surface area contributed by atoms with E-state index in [2.05, 4.69) is 25.4 Å². The minimum atomic E-state index is -1.70. The second-order valence-corrected chi connectivity index (χ2v) is 8.15. The third-order valence-corrected chi connectivity index (χ3v) is 6.00. The van der Waals surface area contributed by atoms with Gasteiger partial charge in [-0.05, 0) is 18.2 Å². The predicted octanol–water partition coefficient (Wildman–Crippen LogP) is 1.07. The molecule has 5 rings (SSSR count). The molecule has 1 unspecified atom stereocenters. The van der Waals surface area contributed by atoms with Crippen molar-refractivity contribution in [2.45, 2.75) is 24.2 Å². The number of likely N-dealkylation sites (tertiary alicyclic amines) is 1. The Kier molecular flexibility index (Phi) is 5.52. The summed E-state index contributed by atoms with van der Waals surface area (Å²) in [5, 5.41) is 18.1. The first-order valence-corrected chi connectivity index (χ1v) is 10.6. The van der Waals surface area contributed by atoms with Crippen LogP contribution in [0.2, 0.25) is 0 Å².